The number of carbonyl (C=O) groups excluding carboxylic acids is 2. The third-order valence-corrected chi connectivity index (χ3v) is 5.28. The van der Waals surface area contributed by atoms with E-state index in [2.05, 4.69) is 15.6 Å². The number of aromatic nitrogens is 1. The third-order valence-electron chi connectivity index (χ3n) is 5.28. The van der Waals surface area contributed by atoms with Crippen LogP contribution in [0.2, 0.25) is 0 Å². The number of nitrogens with zero attached hydrogens (tertiary/aromatic N) is 1. The van der Waals surface area contributed by atoms with Crippen LogP contribution in [0.4, 0.5) is 0 Å². The lowest BCUT2D eigenvalue weighted by molar-refractivity contribution is -0.127. The number of benzene rings is 2. The molecular weight excluding hydrogens is 428 g/mol. The highest BCUT2D eigenvalue weighted by atomic mass is 16.5. The summed E-state index contributed by atoms with van der Waals surface area (Å²) in [7, 11) is 0. The highest BCUT2D eigenvalue weighted by Gasteiger charge is 2.21. The molecule has 0 saturated carbocycles. The SMILES string of the molecule is CCOc1ccc(C[CH]C(=O)N[C@@H](Cc2cccnc2)C(=O)NCc2ccc(CN)cc2)cc1. The van der Waals surface area contributed by atoms with Crippen molar-refractivity contribution in [2.75, 3.05) is 6.61 Å². The van der Waals surface area contributed by atoms with Crippen LogP contribution in [0.15, 0.2) is 73.1 Å². The largest absolute Gasteiger partial charge is 0.494 e. The molecule has 7 nitrogen and oxygen atoms in total. The Kier molecular flexibility index (Phi) is 9.61. The molecule has 4 N–H and O–H groups in total. The zero-order chi connectivity index (χ0) is 24.2. The minimum Gasteiger partial charge on any atom is -0.494 e. The van der Waals surface area contributed by atoms with Gasteiger partial charge in [-0.25, -0.2) is 0 Å². The van der Waals surface area contributed by atoms with E-state index >= 15 is 0 Å². The van der Waals surface area contributed by atoms with Gasteiger partial charge in [-0.3, -0.25) is 14.6 Å². The van der Waals surface area contributed by atoms with Crippen molar-refractivity contribution in [1.29, 1.82) is 0 Å². The summed E-state index contributed by atoms with van der Waals surface area (Å²) in [6.07, 6.45) is 5.71. The Morgan fingerprint density at radius 2 is 1.71 bits per heavy atom. The molecule has 3 rings (SSSR count). The van der Waals surface area contributed by atoms with Crippen LogP contribution in [0.1, 0.15) is 29.2 Å². The molecule has 0 spiro atoms. The van der Waals surface area contributed by atoms with Crippen molar-refractivity contribution in [2.45, 2.75) is 38.9 Å². The molecule has 1 atom stereocenters. The first-order chi connectivity index (χ1) is 16.6. The molecule has 2 amide bonds. The van der Waals surface area contributed by atoms with Gasteiger partial charge in [0, 0.05) is 31.9 Å². The van der Waals surface area contributed by atoms with Gasteiger partial charge in [-0.2, -0.15) is 0 Å². The summed E-state index contributed by atoms with van der Waals surface area (Å²) in [5.41, 5.74) is 9.47. The van der Waals surface area contributed by atoms with Crippen molar-refractivity contribution in [3.63, 3.8) is 0 Å². The van der Waals surface area contributed by atoms with Gasteiger partial charge in [-0.15, -0.1) is 0 Å². The average Bonchev–Trinajstić information content (AvgIpc) is 2.87. The van der Waals surface area contributed by atoms with Gasteiger partial charge in [0.1, 0.15) is 11.8 Å². The van der Waals surface area contributed by atoms with Crippen LogP contribution in [0.25, 0.3) is 0 Å². The Bertz CT molecular complexity index is 1040. The van der Waals surface area contributed by atoms with Gasteiger partial charge in [-0.1, -0.05) is 42.5 Å². The van der Waals surface area contributed by atoms with E-state index in [-0.39, 0.29) is 11.8 Å². The molecule has 3 aromatic rings. The molecule has 0 unspecified atom stereocenters. The predicted molar refractivity (Wildman–Crippen MR) is 132 cm³/mol. The van der Waals surface area contributed by atoms with E-state index in [4.69, 9.17) is 10.5 Å². The molecule has 0 aliphatic rings. The van der Waals surface area contributed by atoms with E-state index < -0.39 is 6.04 Å². The lowest BCUT2D eigenvalue weighted by atomic mass is 10.1. The van der Waals surface area contributed by atoms with Gasteiger partial charge in [0.05, 0.1) is 13.0 Å². The van der Waals surface area contributed by atoms with E-state index in [1.54, 1.807) is 18.8 Å². The maximum atomic E-state index is 13.0. The molecule has 0 bridgehead atoms. The van der Waals surface area contributed by atoms with Crippen molar-refractivity contribution in [3.05, 3.63) is 102 Å². The minimum atomic E-state index is -0.725. The summed E-state index contributed by atoms with van der Waals surface area (Å²) >= 11 is 0. The standard InChI is InChI=1S/C27H31N4O3/c1-2-34-24-12-9-20(10-13-24)11-14-26(32)31-25(16-23-4-3-15-29-18-23)27(33)30-19-22-7-5-21(17-28)6-8-22/h3-10,12-15,18,25H,2,11,16-17,19,28H2,1H3,(H,30,33)(H,31,32)/t25-/m0/s1. The fraction of sp³-hybridized carbons (Fsp3) is 0.259. The van der Waals surface area contributed by atoms with Crippen LogP contribution >= 0.6 is 0 Å². The molecular formula is C27H31N4O3. The van der Waals surface area contributed by atoms with Gasteiger partial charge in [-0.05, 0) is 53.8 Å². The lowest BCUT2D eigenvalue weighted by Crippen LogP contribution is -2.48. The van der Waals surface area contributed by atoms with E-state index in [1.807, 2.05) is 67.6 Å². The van der Waals surface area contributed by atoms with E-state index in [0.29, 0.717) is 32.5 Å². The number of amides is 2. The van der Waals surface area contributed by atoms with Crippen LogP contribution in [0, 0.1) is 6.42 Å². The Hall–Kier alpha value is -3.71. The Morgan fingerprint density at radius 1 is 1.00 bits per heavy atom. The molecule has 1 heterocycles. The summed E-state index contributed by atoms with van der Waals surface area (Å²) in [6.45, 7) is 3.37. The molecule has 0 fully saturated rings. The van der Waals surface area contributed by atoms with Gasteiger partial charge in [0.2, 0.25) is 11.8 Å². The Labute approximate surface area is 200 Å². The molecule has 1 aromatic heterocycles. The molecule has 0 saturated heterocycles. The zero-order valence-corrected chi connectivity index (χ0v) is 19.4. The van der Waals surface area contributed by atoms with Crippen molar-refractivity contribution in [3.8, 4) is 5.75 Å². The number of carbonyl (C=O) groups is 2. The number of nitrogens with two attached hydrogens (primary N) is 1. The first-order valence-electron chi connectivity index (χ1n) is 11.4. The summed E-state index contributed by atoms with van der Waals surface area (Å²) in [5, 5.41) is 5.77. The predicted octanol–water partition coefficient (Wildman–Crippen LogP) is 2.73. The highest BCUT2D eigenvalue weighted by Crippen LogP contribution is 2.13. The smallest absolute Gasteiger partial charge is 0.243 e. The second-order valence-corrected chi connectivity index (χ2v) is 7.85. The second kappa shape index (κ2) is 13.1. The maximum Gasteiger partial charge on any atom is 0.243 e. The second-order valence-electron chi connectivity index (χ2n) is 7.85. The Morgan fingerprint density at radius 3 is 2.35 bits per heavy atom. The van der Waals surface area contributed by atoms with Crippen molar-refractivity contribution >= 4 is 11.8 Å². The number of hydrogen-bond acceptors (Lipinski definition) is 5. The van der Waals surface area contributed by atoms with E-state index in [0.717, 1.165) is 28.0 Å². The molecule has 34 heavy (non-hydrogen) atoms. The van der Waals surface area contributed by atoms with E-state index in [1.165, 1.54) is 0 Å². The molecule has 2 aromatic carbocycles. The summed E-state index contributed by atoms with van der Waals surface area (Å²) in [5.74, 6) is 0.237. The Balaban J connectivity index is 1.58. The lowest BCUT2D eigenvalue weighted by Gasteiger charge is -2.19. The normalized spacial score (nSPS) is 11.5. The van der Waals surface area contributed by atoms with Crippen molar-refractivity contribution in [2.24, 2.45) is 5.73 Å². The van der Waals surface area contributed by atoms with Crippen LogP contribution < -0.4 is 21.1 Å². The fourth-order valence-corrected chi connectivity index (χ4v) is 3.40. The summed E-state index contributed by atoms with van der Waals surface area (Å²) in [6, 6.07) is 18.3. The van der Waals surface area contributed by atoms with Crippen LogP contribution in [-0.2, 0) is 35.5 Å². The molecule has 1 radical (unpaired) electrons. The molecule has 177 valence electrons. The third kappa shape index (κ3) is 8.01. The summed E-state index contributed by atoms with van der Waals surface area (Å²) < 4.78 is 5.44. The average molecular weight is 460 g/mol. The van der Waals surface area contributed by atoms with Crippen LogP contribution in [0.5, 0.6) is 5.75 Å². The van der Waals surface area contributed by atoms with Gasteiger partial charge < -0.3 is 21.1 Å². The quantitative estimate of drug-likeness (QED) is 0.386. The van der Waals surface area contributed by atoms with Crippen molar-refractivity contribution < 1.29 is 14.3 Å². The first kappa shape index (κ1) is 24.9. The maximum absolute atomic E-state index is 13.0. The van der Waals surface area contributed by atoms with Crippen LogP contribution in [0.3, 0.4) is 0 Å². The highest BCUT2D eigenvalue weighted by molar-refractivity contribution is 5.91. The van der Waals surface area contributed by atoms with Crippen LogP contribution in [-0.4, -0.2) is 29.4 Å². The fourth-order valence-electron chi connectivity index (χ4n) is 3.40. The monoisotopic (exact) mass is 459 g/mol. The number of ether oxygens (including phenoxy) is 1. The number of nitrogens with one attached hydrogen (secondary N) is 2. The molecule has 0 aliphatic heterocycles. The van der Waals surface area contributed by atoms with Gasteiger partial charge >= 0.3 is 0 Å². The molecule has 7 heteroatoms. The number of rotatable bonds is 12. The van der Waals surface area contributed by atoms with Gasteiger partial charge in [0.25, 0.3) is 0 Å². The molecule has 0 aliphatic carbocycles. The topological polar surface area (TPSA) is 106 Å². The van der Waals surface area contributed by atoms with Gasteiger partial charge in [0.15, 0.2) is 0 Å². The minimum absolute atomic E-state index is 0.255. The zero-order valence-electron chi connectivity index (χ0n) is 19.4. The summed E-state index contributed by atoms with van der Waals surface area (Å²) in [4.78, 5) is 29.7. The number of pyridine rings is 1. The van der Waals surface area contributed by atoms with Crippen molar-refractivity contribution in [1.82, 2.24) is 15.6 Å². The first-order valence-corrected chi connectivity index (χ1v) is 11.4. The number of hydrogen-bond donors (Lipinski definition) is 3. The van der Waals surface area contributed by atoms with E-state index in [9.17, 15) is 9.59 Å².